The van der Waals surface area contributed by atoms with Crippen LogP contribution in [0.5, 0.6) is 0 Å². The molecule has 164 valence electrons. The Hall–Kier alpha value is -2.59. The number of halogens is 2. The van der Waals surface area contributed by atoms with Crippen LogP contribution >= 0.6 is 22.9 Å². The second kappa shape index (κ2) is 8.40. The second-order valence-electron chi connectivity index (χ2n) is 7.36. The topological polar surface area (TPSA) is 66.4 Å². The van der Waals surface area contributed by atoms with Gasteiger partial charge in [0.1, 0.15) is 22.8 Å². The Balaban J connectivity index is 1.42. The number of nitrogens with zero attached hydrogens (tertiary/aromatic N) is 4. The monoisotopic (exact) mass is 488 g/mol. The van der Waals surface area contributed by atoms with Crippen LogP contribution in [0.4, 0.5) is 10.2 Å². The number of hydrogen-bond donors (Lipinski definition) is 0. The molecule has 0 unspecified atom stereocenters. The van der Waals surface area contributed by atoms with E-state index in [0.717, 1.165) is 39.3 Å². The van der Waals surface area contributed by atoms with Crippen molar-refractivity contribution in [2.75, 3.05) is 31.1 Å². The molecule has 0 radical (unpaired) electrons. The average Bonchev–Trinajstić information content (AvgIpc) is 3.26. The van der Waals surface area contributed by atoms with E-state index in [4.69, 9.17) is 11.6 Å². The minimum absolute atomic E-state index is 0.00836. The zero-order chi connectivity index (χ0) is 22.3. The summed E-state index contributed by atoms with van der Waals surface area (Å²) in [6.07, 6.45) is 1.55. The van der Waals surface area contributed by atoms with Crippen molar-refractivity contribution in [1.29, 1.82) is 0 Å². The fraction of sp³-hybridized carbons (Fsp3) is 0.182. The molecular formula is C22H18ClFN4O2S2. The SMILES string of the molecule is O=S(=O)(c1ccc(F)c(Cl)c1)N1CCN(c2ncnc3scc(-c4ccccc4)c23)CC1. The Kier molecular flexibility index (Phi) is 5.58. The normalized spacial score (nSPS) is 15.4. The highest BCUT2D eigenvalue weighted by Gasteiger charge is 2.30. The van der Waals surface area contributed by atoms with Crippen molar-refractivity contribution in [2.45, 2.75) is 4.90 Å². The van der Waals surface area contributed by atoms with Crippen LogP contribution in [0.25, 0.3) is 21.3 Å². The summed E-state index contributed by atoms with van der Waals surface area (Å²) in [5.74, 6) is 0.158. The highest BCUT2D eigenvalue weighted by Crippen LogP contribution is 2.38. The molecule has 0 saturated carbocycles. The van der Waals surface area contributed by atoms with Crippen molar-refractivity contribution >= 4 is 49.0 Å². The van der Waals surface area contributed by atoms with Crippen LogP contribution in [0.1, 0.15) is 0 Å². The molecule has 0 spiro atoms. The third-order valence-electron chi connectivity index (χ3n) is 5.50. The minimum atomic E-state index is -3.76. The number of thiophene rings is 1. The van der Waals surface area contributed by atoms with Crippen LogP contribution in [-0.4, -0.2) is 48.9 Å². The molecule has 6 nitrogen and oxygen atoms in total. The van der Waals surface area contributed by atoms with Gasteiger partial charge >= 0.3 is 0 Å². The van der Waals surface area contributed by atoms with Crippen molar-refractivity contribution in [1.82, 2.24) is 14.3 Å². The number of benzene rings is 2. The van der Waals surface area contributed by atoms with E-state index in [2.05, 4.69) is 32.4 Å². The predicted molar refractivity (Wildman–Crippen MR) is 125 cm³/mol. The number of rotatable bonds is 4. The van der Waals surface area contributed by atoms with Crippen molar-refractivity contribution in [3.63, 3.8) is 0 Å². The number of aromatic nitrogens is 2. The van der Waals surface area contributed by atoms with Crippen LogP contribution in [0.15, 0.2) is 65.1 Å². The van der Waals surface area contributed by atoms with E-state index in [9.17, 15) is 12.8 Å². The number of anilines is 1. The molecule has 0 aliphatic carbocycles. The quantitative estimate of drug-likeness (QED) is 0.418. The molecule has 1 aliphatic heterocycles. The highest BCUT2D eigenvalue weighted by atomic mass is 35.5. The van der Waals surface area contributed by atoms with Gasteiger partial charge in [-0.25, -0.2) is 22.8 Å². The maximum atomic E-state index is 13.5. The van der Waals surface area contributed by atoms with E-state index in [-0.39, 0.29) is 23.0 Å². The molecule has 1 fully saturated rings. The van der Waals surface area contributed by atoms with Crippen LogP contribution < -0.4 is 4.90 Å². The lowest BCUT2D eigenvalue weighted by molar-refractivity contribution is 0.384. The minimum Gasteiger partial charge on any atom is -0.353 e. The van der Waals surface area contributed by atoms with Crippen molar-refractivity contribution < 1.29 is 12.8 Å². The summed E-state index contributed by atoms with van der Waals surface area (Å²) in [6, 6.07) is 13.5. The molecule has 32 heavy (non-hydrogen) atoms. The van der Waals surface area contributed by atoms with Gasteiger partial charge in [-0.15, -0.1) is 11.3 Å². The first-order valence-electron chi connectivity index (χ1n) is 9.93. The smallest absolute Gasteiger partial charge is 0.243 e. The van der Waals surface area contributed by atoms with Crippen LogP contribution in [-0.2, 0) is 10.0 Å². The molecule has 1 aliphatic rings. The molecule has 1 saturated heterocycles. The Bertz CT molecular complexity index is 1390. The molecule has 0 atom stereocenters. The molecule has 2 aromatic carbocycles. The van der Waals surface area contributed by atoms with E-state index in [1.54, 1.807) is 17.7 Å². The maximum absolute atomic E-state index is 13.5. The first-order valence-corrected chi connectivity index (χ1v) is 12.6. The van der Waals surface area contributed by atoms with Gasteiger partial charge in [0.25, 0.3) is 0 Å². The van der Waals surface area contributed by atoms with Gasteiger partial charge in [-0.05, 0) is 23.8 Å². The maximum Gasteiger partial charge on any atom is 0.243 e. The molecule has 10 heteroatoms. The van der Waals surface area contributed by atoms with Crippen molar-refractivity contribution in [3.05, 3.63) is 71.1 Å². The first-order chi connectivity index (χ1) is 15.4. The zero-order valence-electron chi connectivity index (χ0n) is 16.8. The summed E-state index contributed by atoms with van der Waals surface area (Å²) in [5.41, 5.74) is 2.15. The average molecular weight is 489 g/mol. The van der Waals surface area contributed by atoms with E-state index >= 15 is 0 Å². The zero-order valence-corrected chi connectivity index (χ0v) is 19.2. The molecule has 3 heterocycles. The Morgan fingerprint density at radius 3 is 2.47 bits per heavy atom. The highest BCUT2D eigenvalue weighted by molar-refractivity contribution is 7.89. The van der Waals surface area contributed by atoms with Gasteiger partial charge < -0.3 is 4.90 Å². The van der Waals surface area contributed by atoms with Crippen LogP contribution in [0, 0.1) is 5.82 Å². The van der Waals surface area contributed by atoms with Crippen LogP contribution in [0.2, 0.25) is 5.02 Å². The van der Waals surface area contributed by atoms with Gasteiger partial charge in [-0.3, -0.25) is 0 Å². The van der Waals surface area contributed by atoms with Gasteiger partial charge in [-0.1, -0.05) is 41.9 Å². The van der Waals surface area contributed by atoms with Gasteiger partial charge in [0.15, 0.2) is 0 Å². The van der Waals surface area contributed by atoms with Crippen molar-refractivity contribution in [2.24, 2.45) is 0 Å². The first kappa shape index (κ1) is 21.3. The van der Waals surface area contributed by atoms with Gasteiger partial charge in [-0.2, -0.15) is 4.31 Å². The summed E-state index contributed by atoms with van der Waals surface area (Å²) in [6.45, 7) is 1.52. The van der Waals surface area contributed by atoms with Gasteiger partial charge in [0.2, 0.25) is 10.0 Å². The molecule has 2 aromatic heterocycles. The third-order valence-corrected chi connectivity index (χ3v) is 8.57. The summed E-state index contributed by atoms with van der Waals surface area (Å²) in [7, 11) is -3.76. The predicted octanol–water partition coefficient (Wildman–Crippen LogP) is 4.66. The fourth-order valence-corrected chi connectivity index (χ4v) is 6.46. The molecule has 0 amide bonds. The summed E-state index contributed by atoms with van der Waals surface area (Å²) in [4.78, 5) is 11.9. The van der Waals surface area contributed by atoms with E-state index in [1.807, 2.05) is 18.2 Å². The van der Waals surface area contributed by atoms with E-state index in [0.29, 0.717) is 13.1 Å². The van der Waals surface area contributed by atoms with E-state index in [1.165, 1.54) is 10.4 Å². The molecule has 5 rings (SSSR count). The number of hydrogen-bond acceptors (Lipinski definition) is 6. The molecule has 0 bridgehead atoms. The Morgan fingerprint density at radius 2 is 1.75 bits per heavy atom. The number of sulfonamides is 1. The lowest BCUT2D eigenvalue weighted by Crippen LogP contribution is -2.49. The van der Waals surface area contributed by atoms with Gasteiger partial charge in [0.05, 0.1) is 15.3 Å². The molecular weight excluding hydrogens is 471 g/mol. The summed E-state index contributed by atoms with van der Waals surface area (Å²) < 4.78 is 40.9. The largest absolute Gasteiger partial charge is 0.353 e. The Labute approximate surface area is 194 Å². The lowest BCUT2D eigenvalue weighted by atomic mass is 10.1. The van der Waals surface area contributed by atoms with E-state index < -0.39 is 15.8 Å². The van der Waals surface area contributed by atoms with Crippen LogP contribution in [0.3, 0.4) is 0 Å². The lowest BCUT2D eigenvalue weighted by Gasteiger charge is -2.35. The molecule has 4 aromatic rings. The van der Waals surface area contributed by atoms with Crippen molar-refractivity contribution in [3.8, 4) is 11.1 Å². The fourth-order valence-electron chi connectivity index (χ4n) is 3.86. The summed E-state index contributed by atoms with van der Waals surface area (Å²) in [5, 5.41) is 2.85. The Morgan fingerprint density at radius 1 is 1.00 bits per heavy atom. The number of piperazine rings is 1. The number of fused-ring (bicyclic) bond motifs is 1. The standard InChI is InChI=1S/C22H18ClFN4O2S2/c23-18-12-16(6-7-19(18)24)32(29,30)28-10-8-27(9-11-28)21-20-17(15-4-2-1-3-5-15)13-31-22(20)26-14-25-21/h1-7,12-14H,8-11H2. The second-order valence-corrected chi connectivity index (χ2v) is 10.6. The van der Waals surface area contributed by atoms with Gasteiger partial charge in [0, 0.05) is 37.1 Å². The molecule has 0 N–H and O–H groups in total. The summed E-state index contributed by atoms with van der Waals surface area (Å²) >= 11 is 7.36. The third kappa shape index (κ3) is 3.75.